The fourth-order valence-electron chi connectivity index (χ4n) is 4.93. The van der Waals surface area contributed by atoms with Crippen LogP contribution in [-0.4, -0.2) is 54.7 Å². The third-order valence-corrected chi connectivity index (χ3v) is 7.07. The SMILES string of the molecule is O=C(NC1CCN(CCC2CCN(c3ccc([N+](=O)[O-])cc3F)CC2)CC1)OCc1ccccc1. The summed E-state index contributed by atoms with van der Waals surface area (Å²) in [5.41, 5.74) is 1.20. The predicted molar refractivity (Wildman–Crippen MR) is 132 cm³/mol. The van der Waals surface area contributed by atoms with Crippen LogP contribution in [0.4, 0.5) is 20.6 Å². The van der Waals surface area contributed by atoms with Gasteiger partial charge in [0, 0.05) is 38.3 Å². The Hall–Kier alpha value is -3.20. The monoisotopic (exact) mass is 484 g/mol. The van der Waals surface area contributed by atoms with Crippen LogP contribution < -0.4 is 10.2 Å². The van der Waals surface area contributed by atoms with E-state index in [0.29, 0.717) is 11.6 Å². The fraction of sp³-hybridized carbons (Fsp3) is 0.500. The molecule has 35 heavy (non-hydrogen) atoms. The number of benzene rings is 2. The zero-order valence-electron chi connectivity index (χ0n) is 19.9. The zero-order chi connectivity index (χ0) is 24.6. The maximum absolute atomic E-state index is 14.3. The van der Waals surface area contributed by atoms with E-state index < -0.39 is 10.7 Å². The van der Waals surface area contributed by atoms with E-state index in [4.69, 9.17) is 4.74 Å². The molecule has 0 aromatic heterocycles. The average Bonchev–Trinajstić information content (AvgIpc) is 2.88. The minimum absolute atomic E-state index is 0.148. The molecular weight excluding hydrogens is 451 g/mol. The zero-order valence-corrected chi connectivity index (χ0v) is 19.9. The Morgan fingerprint density at radius 2 is 1.77 bits per heavy atom. The van der Waals surface area contributed by atoms with Gasteiger partial charge in [-0.2, -0.15) is 0 Å². The quantitative estimate of drug-likeness (QED) is 0.431. The van der Waals surface area contributed by atoms with E-state index in [1.807, 2.05) is 35.2 Å². The minimum Gasteiger partial charge on any atom is -0.445 e. The summed E-state index contributed by atoms with van der Waals surface area (Å²) in [7, 11) is 0. The van der Waals surface area contributed by atoms with Gasteiger partial charge < -0.3 is 19.9 Å². The van der Waals surface area contributed by atoms with Gasteiger partial charge >= 0.3 is 6.09 Å². The Morgan fingerprint density at radius 3 is 2.43 bits per heavy atom. The maximum atomic E-state index is 14.3. The Labute approximate surface area is 205 Å². The highest BCUT2D eigenvalue weighted by atomic mass is 19.1. The summed E-state index contributed by atoms with van der Waals surface area (Å²) in [4.78, 5) is 26.8. The van der Waals surface area contributed by atoms with E-state index in [1.165, 1.54) is 12.1 Å². The third kappa shape index (κ3) is 7.14. The van der Waals surface area contributed by atoms with Gasteiger partial charge in [-0.05, 0) is 56.2 Å². The molecule has 2 saturated heterocycles. The summed E-state index contributed by atoms with van der Waals surface area (Å²) in [6.45, 7) is 4.74. The molecule has 0 unspecified atom stereocenters. The second kappa shape index (κ2) is 12.0. The van der Waals surface area contributed by atoms with Crippen molar-refractivity contribution in [1.82, 2.24) is 10.2 Å². The number of carbonyl (C=O) groups excluding carboxylic acids is 1. The molecule has 8 nitrogen and oxygen atoms in total. The summed E-state index contributed by atoms with van der Waals surface area (Å²) in [5, 5.41) is 13.8. The summed E-state index contributed by atoms with van der Waals surface area (Å²) >= 11 is 0. The molecule has 0 radical (unpaired) electrons. The summed E-state index contributed by atoms with van der Waals surface area (Å²) in [6.07, 6.45) is 4.55. The first-order valence-corrected chi connectivity index (χ1v) is 12.4. The van der Waals surface area contributed by atoms with Crippen molar-refractivity contribution >= 4 is 17.5 Å². The Kier molecular flexibility index (Phi) is 8.52. The highest BCUT2D eigenvalue weighted by Crippen LogP contribution is 2.29. The van der Waals surface area contributed by atoms with Crippen LogP contribution in [0.3, 0.4) is 0 Å². The number of alkyl carbamates (subject to hydrolysis) is 1. The van der Waals surface area contributed by atoms with Crippen molar-refractivity contribution in [2.75, 3.05) is 37.6 Å². The largest absolute Gasteiger partial charge is 0.445 e. The standard InChI is InChI=1S/C26H33FN4O4/c27-24-18-23(31(33)34)6-7-25(24)30-16-9-20(10-17-30)8-13-29-14-11-22(12-15-29)28-26(32)35-19-21-4-2-1-3-5-21/h1-7,18,20,22H,8-17,19H2,(H,28,32). The summed E-state index contributed by atoms with van der Waals surface area (Å²) in [6, 6.07) is 13.7. The van der Waals surface area contributed by atoms with Crippen molar-refractivity contribution in [3.8, 4) is 0 Å². The number of hydrogen-bond donors (Lipinski definition) is 1. The molecule has 2 aromatic carbocycles. The lowest BCUT2D eigenvalue weighted by molar-refractivity contribution is -0.385. The van der Waals surface area contributed by atoms with Crippen molar-refractivity contribution in [3.05, 3.63) is 70.0 Å². The van der Waals surface area contributed by atoms with Gasteiger partial charge in [-0.25, -0.2) is 9.18 Å². The van der Waals surface area contributed by atoms with E-state index in [0.717, 1.165) is 76.5 Å². The normalized spacial score (nSPS) is 17.8. The van der Waals surface area contributed by atoms with Crippen LogP contribution in [-0.2, 0) is 11.3 Å². The summed E-state index contributed by atoms with van der Waals surface area (Å²) in [5.74, 6) is 0.0641. The molecule has 1 N–H and O–H groups in total. The van der Waals surface area contributed by atoms with Gasteiger partial charge in [-0.1, -0.05) is 30.3 Å². The lowest BCUT2D eigenvalue weighted by Gasteiger charge is -2.36. The third-order valence-electron chi connectivity index (χ3n) is 7.07. The molecule has 0 spiro atoms. The number of anilines is 1. The Morgan fingerprint density at radius 1 is 1.06 bits per heavy atom. The lowest BCUT2D eigenvalue weighted by Crippen LogP contribution is -2.45. The highest BCUT2D eigenvalue weighted by molar-refractivity contribution is 5.67. The molecule has 2 heterocycles. The van der Waals surface area contributed by atoms with Crippen molar-refractivity contribution in [2.24, 2.45) is 5.92 Å². The number of piperidine rings is 2. The molecule has 2 aliphatic rings. The predicted octanol–water partition coefficient (Wildman–Crippen LogP) is 4.73. The Balaban J connectivity index is 1.11. The number of halogens is 1. The number of likely N-dealkylation sites (tertiary alicyclic amines) is 1. The molecule has 0 atom stereocenters. The molecule has 188 valence electrons. The van der Waals surface area contributed by atoms with E-state index in [1.54, 1.807) is 0 Å². The number of non-ortho nitro benzene ring substituents is 1. The van der Waals surface area contributed by atoms with Crippen LogP contribution in [0.15, 0.2) is 48.5 Å². The number of nitro benzene ring substituents is 1. The van der Waals surface area contributed by atoms with Crippen LogP contribution in [0.25, 0.3) is 0 Å². The number of nitro groups is 1. The van der Waals surface area contributed by atoms with Gasteiger partial charge in [0.1, 0.15) is 6.61 Å². The molecule has 0 aliphatic carbocycles. The molecule has 2 aromatic rings. The fourth-order valence-corrected chi connectivity index (χ4v) is 4.93. The van der Waals surface area contributed by atoms with Crippen LogP contribution in [0, 0.1) is 21.8 Å². The van der Waals surface area contributed by atoms with Crippen LogP contribution in [0.5, 0.6) is 0 Å². The van der Waals surface area contributed by atoms with E-state index in [-0.39, 0.29) is 24.4 Å². The van der Waals surface area contributed by atoms with E-state index in [2.05, 4.69) is 10.2 Å². The molecule has 9 heteroatoms. The topological polar surface area (TPSA) is 88.0 Å². The number of ether oxygens (including phenoxy) is 1. The highest BCUT2D eigenvalue weighted by Gasteiger charge is 2.25. The molecule has 4 rings (SSSR count). The van der Waals surface area contributed by atoms with Gasteiger partial charge in [0.2, 0.25) is 0 Å². The second-order valence-electron chi connectivity index (χ2n) is 9.43. The second-order valence-corrected chi connectivity index (χ2v) is 9.43. The minimum atomic E-state index is -0.574. The first-order valence-electron chi connectivity index (χ1n) is 12.4. The van der Waals surface area contributed by atoms with Gasteiger partial charge in [0.05, 0.1) is 16.7 Å². The number of hydrogen-bond acceptors (Lipinski definition) is 6. The van der Waals surface area contributed by atoms with Crippen LogP contribution >= 0.6 is 0 Å². The number of carbonyl (C=O) groups is 1. The number of rotatable bonds is 8. The molecular formula is C26H33FN4O4. The molecule has 2 aliphatic heterocycles. The molecule has 0 saturated carbocycles. The maximum Gasteiger partial charge on any atom is 0.407 e. The van der Waals surface area contributed by atoms with Crippen LogP contribution in [0.1, 0.15) is 37.7 Å². The number of nitrogens with zero attached hydrogens (tertiary/aromatic N) is 3. The van der Waals surface area contributed by atoms with Crippen molar-refractivity contribution in [2.45, 2.75) is 44.8 Å². The van der Waals surface area contributed by atoms with Gasteiger partial charge in [0.25, 0.3) is 5.69 Å². The molecule has 2 fully saturated rings. The number of amides is 1. The molecule has 0 bridgehead atoms. The van der Waals surface area contributed by atoms with E-state index >= 15 is 0 Å². The van der Waals surface area contributed by atoms with Gasteiger partial charge in [-0.3, -0.25) is 10.1 Å². The Bertz CT molecular complexity index is 990. The number of nitrogens with one attached hydrogen (secondary N) is 1. The van der Waals surface area contributed by atoms with Gasteiger partial charge in [0.15, 0.2) is 5.82 Å². The molecule has 1 amide bonds. The van der Waals surface area contributed by atoms with Gasteiger partial charge in [-0.15, -0.1) is 0 Å². The van der Waals surface area contributed by atoms with Crippen LogP contribution in [0.2, 0.25) is 0 Å². The first kappa shape index (κ1) is 24.9. The summed E-state index contributed by atoms with van der Waals surface area (Å²) < 4.78 is 19.7. The van der Waals surface area contributed by atoms with Crippen molar-refractivity contribution in [1.29, 1.82) is 0 Å². The van der Waals surface area contributed by atoms with Crippen molar-refractivity contribution < 1.29 is 18.8 Å². The van der Waals surface area contributed by atoms with E-state index in [9.17, 15) is 19.3 Å². The lowest BCUT2D eigenvalue weighted by atomic mass is 9.92. The first-order chi connectivity index (χ1) is 17.0. The average molecular weight is 485 g/mol. The van der Waals surface area contributed by atoms with Crippen molar-refractivity contribution in [3.63, 3.8) is 0 Å². The smallest absolute Gasteiger partial charge is 0.407 e.